The van der Waals surface area contributed by atoms with Gasteiger partial charge < -0.3 is 9.47 Å². The first kappa shape index (κ1) is 16.4. The van der Waals surface area contributed by atoms with E-state index in [0.717, 1.165) is 12.1 Å². The molecule has 0 spiro atoms. The van der Waals surface area contributed by atoms with Gasteiger partial charge in [0, 0.05) is 5.56 Å². The molecule has 10 heteroatoms. The fraction of sp³-hybridized carbons (Fsp3) is 0.538. The van der Waals surface area contributed by atoms with E-state index in [0.29, 0.717) is 6.07 Å². The molecule has 0 bridgehead atoms. The molecule has 0 amide bonds. The fourth-order valence-corrected chi connectivity index (χ4v) is 3.66. The fourth-order valence-electron chi connectivity index (χ4n) is 2.53. The molecule has 1 fully saturated rings. The van der Waals surface area contributed by atoms with E-state index in [1.54, 1.807) is 13.8 Å². The molecule has 3 rings (SSSR count). The van der Waals surface area contributed by atoms with E-state index < -0.39 is 44.0 Å². The molecule has 23 heavy (non-hydrogen) atoms. The molecule has 2 aliphatic rings. The summed E-state index contributed by atoms with van der Waals surface area (Å²) < 4.78 is 97.9. The lowest BCUT2D eigenvalue weighted by Crippen LogP contribution is -2.44. The number of sulfone groups is 1. The maximum atomic E-state index is 13.3. The van der Waals surface area contributed by atoms with Crippen LogP contribution in [0.2, 0.25) is 0 Å². The minimum Gasteiger partial charge on any atom is -0.485 e. The van der Waals surface area contributed by atoms with Crippen LogP contribution in [0.15, 0.2) is 23.1 Å². The highest BCUT2D eigenvalue weighted by atomic mass is 32.2. The zero-order chi connectivity index (χ0) is 17.4. The molecule has 2 unspecified atom stereocenters. The van der Waals surface area contributed by atoms with Gasteiger partial charge in [0.05, 0.1) is 4.90 Å². The van der Waals surface area contributed by atoms with Gasteiger partial charge in [-0.05, 0) is 32.0 Å². The first-order chi connectivity index (χ1) is 10.3. The summed E-state index contributed by atoms with van der Waals surface area (Å²) in [5.41, 5.74) is -0.554. The summed E-state index contributed by atoms with van der Waals surface area (Å²) in [5, 5.41) is -5.88. The van der Waals surface area contributed by atoms with E-state index in [-0.39, 0.29) is 11.3 Å². The predicted octanol–water partition coefficient (Wildman–Crippen LogP) is 3.23. The molecule has 2 heterocycles. The Kier molecular flexibility index (Phi) is 3.11. The maximum absolute atomic E-state index is 13.3. The van der Waals surface area contributed by atoms with E-state index in [4.69, 9.17) is 9.47 Å². The third kappa shape index (κ3) is 2.22. The normalized spacial score (nSPS) is 26.0. The van der Waals surface area contributed by atoms with Gasteiger partial charge in [0.2, 0.25) is 0 Å². The predicted molar refractivity (Wildman–Crippen MR) is 67.0 cm³/mol. The number of hydrogen-bond donors (Lipinski definition) is 0. The van der Waals surface area contributed by atoms with Gasteiger partial charge >= 0.3 is 11.4 Å². The standard InChI is InChI=1S/C13H11F5O4S/c1-11(2)10-9(21-10)7-5-6(3-4-8(7)22-11)23(19,20)13(17,18)12(14,15)16/h3-5,9-10H,1-2H3. The SMILES string of the molecule is CC1(C)Oc2ccc(S(=O)(=O)C(F)(F)C(F)(F)F)cc2C2OC21. The van der Waals surface area contributed by atoms with Gasteiger partial charge in [0.15, 0.2) is 0 Å². The van der Waals surface area contributed by atoms with Crippen LogP contribution in [-0.2, 0) is 14.6 Å². The van der Waals surface area contributed by atoms with E-state index in [1.165, 1.54) is 0 Å². The van der Waals surface area contributed by atoms with Crippen LogP contribution in [-0.4, -0.2) is 31.6 Å². The number of hydrogen-bond acceptors (Lipinski definition) is 4. The highest BCUT2D eigenvalue weighted by molar-refractivity contribution is 7.92. The molecule has 1 aromatic rings. The quantitative estimate of drug-likeness (QED) is 0.602. The molecule has 0 aromatic heterocycles. The molecule has 1 saturated heterocycles. The van der Waals surface area contributed by atoms with Crippen LogP contribution < -0.4 is 4.74 Å². The molecule has 4 nitrogen and oxygen atoms in total. The summed E-state index contributed by atoms with van der Waals surface area (Å²) >= 11 is 0. The Balaban J connectivity index is 2.06. The Morgan fingerprint density at radius 2 is 1.74 bits per heavy atom. The molecule has 1 aromatic carbocycles. The smallest absolute Gasteiger partial charge is 0.469 e. The summed E-state index contributed by atoms with van der Waals surface area (Å²) in [7, 11) is -5.93. The minimum absolute atomic E-state index is 0.147. The van der Waals surface area contributed by atoms with Crippen LogP contribution in [0.4, 0.5) is 22.0 Å². The third-order valence-electron chi connectivity index (χ3n) is 3.82. The number of epoxide rings is 1. The molecule has 128 valence electrons. The van der Waals surface area contributed by atoms with Crippen molar-refractivity contribution in [2.45, 2.75) is 48.0 Å². The zero-order valence-corrected chi connectivity index (χ0v) is 12.6. The molecule has 0 aliphatic carbocycles. The zero-order valence-electron chi connectivity index (χ0n) is 11.8. The van der Waals surface area contributed by atoms with E-state index >= 15 is 0 Å². The second-order valence-corrected chi connectivity index (χ2v) is 7.89. The first-order valence-electron chi connectivity index (χ1n) is 6.46. The second-order valence-electron chi connectivity index (χ2n) is 5.90. The van der Waals surface area contributed by atoms with Crippen LogP contribution in [0.3, 0.4) is 0 Å². The number of alkyl halides is 5. The Hall–Kier alpha value is -1.42. The Labute approximate surface area is 128 Å². The topological polar surface area (TPSA) is 55.9 Å². The molecule has 2 atom stereocenters. The monoisotopic (exact) mass is 358 g/mol. The average molecular weight is 358 g/mol. The molecule has 0 radical (unpaired) electrons. The van der Waals surface area contributed by atoms with Gasteiger partial charge in [0.25, 0.3) is 9.84 Å². The van der Waals surface area contributed by atoms with Crippen LogP contribution in [0.1, 0.15) is 25.5 Å². The van der Waals surface area contributed by atoms with Crippen molar-refractivity contribution in [2.75, 3.05) is 0 Å². The molecule has 0 saturated carbocycles. The lowest BCUT2D eigenvalue weighted by molar-refractivity contribution is -0.241. The number of fused-ring (bicyclic) bond motifs is 3. The third-order valence-corrected chi connectivity index (χ3v) is 5.60. The number of halogens is 5. The van der Waals surface area contributed by atoms with Crippen molar-refractivity contribution in [3.05, 3.63) is 23.8 Å². The van der Waals surface area contributed by atoms with Crippen molar-refractivity contribution >= 4 is 9.84 Å². The second kappa shape index (κ2) is 4.35. The van der Waals surface area contributed by atoms with Crippen molar-refractivity contribution in [1.29, 1.82) is 0 Å². The van der Waals surface area contributed by atoms with Crippen LogP contribution in [0, 0.1) is 0 Å². The van der Waals surface area contributed by atoms with Crippen molar-refractivity contribution in [1.82, 2.24) is 0 Å². The first-order valence-corrected chi connectivity index (χ1v) is 7.95. The maximum Gasteiger partial charge on any atom is 0.469 e. The number of benzene rings is 1. The van der Waals surface area contributed by atoms with Gasteiger partial charge in [-0.1, -0.05) is 0 Å². The van der Waals surface area contributed by atoms with Gasteiger partial charge in [-0.2, -0.15) is 22.0 Å². The highest BCUT2D eigenvalue weighted by Gasteiger charge is 2.67. The Morgan fingerprint density at radius 1 is 1.13 bits per heavy atom. The average Bonchev–Trinajstić information content (AvgIpc) is 3.17. The summed E-state index contributed by atoms with van der Waals surface area (Å²) in [6, 6.07) is 2.49. The van der Waals surface area contributed by atoms with Crippen molar-refractivity contribution < 1.29 is 39.8 Å². The summed E-state index contributed by atoms with van der Waals surface area (Å²) in [5.74, 6) is 0.197. The highest BCUT2D eigenvalue weighted by Crippen LogP contribution is 2.54. The Morgan fingerprint density at radius 3 is 2.30 bits per heavy atom. The van der Waals surface area contributed by atoms with Crippen molar-refractivity contribution in [2.24, 2.45) is 0 Å². The minimum atomic E-state index is -6.21. The van der Waals surface area contributed by atoms with Crippen LogP contribution in [0.25, 0.3) is 0 Å². The van der Waals surface area contributed by atoms with Crippen LogP contribution >= 0.6 is 0 Å². The molecular weight excluding hydrogens is 347 g/mol. The number of rotatable bonds is 2. The van der Waals surface area contributed by atoms with Gasteiger partial charge in [0.1, 0.15) is 23.6 Å². The summed E-state index contributed by atoms with van der Waals surface area (Å²) in [6.07, 6.45) is -7.20. The van der Waals surface area contributed by atoms with Crippen molar-refractivity contribution in [3.63, 3.8) is 0 Å². The van der Waals surface area contributed by atoms with E-state index in [9.17, 15) is 30.4 Å². The van der Waals surface area contributed by atoms with E-state index in [2.05, 4.69) is 0 Å². The molecule has 2 aliphatic heterocycles. The van der Waals surface area contributed by atoms with Gasteiger partial charge in [-0.25, -0.2) is 8.42 Å². The van der Waals surface area contributed by atoms with Crippen LogP contribution in [0.5, 0.6) is 5.75 Å². The van der Waals surface area contributed by atoms with Gasteiger partial charge in [-0.3, -0.25) is 0 Å². The summed E-state index contributed by atoms with van der Waals surface area (Å²) in [4.78, 5) is -1.13. The number of ether oxygens (including phenoxy) is 2. The largest absolute Gasteiger partial charge is 0.485 e. The lowest BCUT2D eigenvalue weighted by atomic mass is 9.94. The van der Waals surface area contributed by atoms with Crippen molar-refractivity contribution in [3.8, 4) is 5.75 Å². The molecule has 0 N–H and O–H groups in total. The lowest BCUT2D eigenvalue weighted by Gasteiger charge is -2.30. The van der Waals surface area contributed by atoms with E-state index in [1.807, 2.05) is 0 Å². The Bertz CT molecular complexity index is 769. The molecular formula is C13H11F5O4S. The van der Waals surface area contributed by atoms with Gasteiger partial charge in [-0.15, -0.1) is 0 Å². The summed E-state index contributed by atoms with van der Waals surface area (Å²) in [6.45, 7) is 3.45.